The third-order valence-corrected chi connectivity index (χ3v) is 6.41. The van der Waals surface area contributed by atoms with Crippen molar-refractivity contribution in [2.24, 2.45) is 0 Å². The molecule has 0 radical (unpaired) electrons. The first-order valence-electron chi connectivity index (χ1n) is 5.79. The highest BCUT2D eigenvalue weighted by molar-refractivity contribution is 8.07. The van der Waals surface area contributed by atoms with Gasteiger partial charge in [-0.2, -0.15) is 0 Å². The van der Waals surface area contributed by atoms with Gasteiger partial charge < -0.3 is 0 Å². The van der Waals surface area contributed by atoms with Crippen LogP contribution in [0.4, 0.5) is 0 Å². The lowest BCUT2D eigenvalue weighted by atomic mass is 10.2. The van der Waals surface area contributed by atoms with Gasteiger partial charge in [-0.05, 0) is 35.3 Å². The summed E-state index contributed by atoms with van der Waals surface area (Å²) in [6.07, 6.45) is 1.86. The normalized spacial score (nSPS) is 13.2. The van der Waals surface area contributed by atoms with Gasteiger partial charge in [0, 0.05) is 0 Å². The van der Waals surface area contributed by atoms with E-state index in [0.717, 1.165) is 10.5 Å². The summed E-state index contributed by atoms with van der Waals surface area (Å²) in [6, 6.07) is 16.4. The zero-order chi connectivity index (χ0) is 13.9. The van der Waals surface area contributed by atoms with Crippen molar-refractivity contribution in [2.75, 3.05) is 6.26 Å². The topological polar surface area (TPSA) is 46.2 Å². The molecule has 0 spiro atoms. The predicted molar refractivity (Wildman–Crippen MR) is 79.5 cm³/mol. The standard InChI is InChI=1S/C14H16NO2S2/c1-12-8-10-14(11-9-12)19(16,17)15-18(2)13-6-4-3-5-7-13/h3-11,15H,1-2H3/q+1. The molecule has 0 aliphatic heterocycles. The van der Waals surface area contributed by atoms with Gasteiger partial charge in [-0.1, -0.05) is 35.9 Å². The van der Waals surface area contributed by atoms with Crippen LogP contribution in [-0.4, -0.2) is 14.7 Å². The monoisotopic (exact) mass is 294 g/mol. The third-order valence-electron chi connectivity index (χ3n) is 2.66. The summed E-state index contributed by atoms with van der Waals surface area (Å²) in [5.74, 6) is 0. The maximum absolute atomic E-state index is 12.2. The van der Waals surface area contributed by atoms with Crippen molar-refractivity contribution < 1.29 is 8.42 Å². The molecule has 0 aliphatic carbocycles. The predicted octanol–water partition coefficient (Wildman–Crippen LogP) is 2.50. The highest BCUT2D eigenvalue weighted by atomic mass is 32.3. The van der Waals surface area contributed by atoms with E-state index in [4.69, 9.17) is 0 Å². The molecular weight excluding hydrogens is 278 g/mol. The van der Waals surface area contributed by atoms with Crippen molar-refractivity contribution in [3.63, 3.8) is 0 Å². The summed E-state index contributed by atoms with van der Waals surface area (Å²) >= 11 is -0.547. The number of nitrogens with one attached hydrogen (secondary N) is 1. The number of hydrogen-bond donors (Lipinski definition) is 1. The van der Waals surface area contributed by atoms with E-state index in [2.05, 4.69) is 4.13 Å². The second kappa shape index (κ2) is 5.77. The van der Waals surface area contributed by atoms with E-state index in [1.54, 1.807) is 24.3 Å². The van der Waals surface area contributed by atoms with E-state index >= 15 is 0 Å². The van der Waals surface area contributed by atoms with Gasteiger partial charge in [0.25, 0.3) is 10.0 Å². The van der Waals surface area contributed by atoms with Crippen molar-refractivity contribution in [1.82, 2.24) is 4.13 Å². The zero-order valence-corrected chi connectivity index (χ0v) is 12.5. The smallest absolute Gasteiger partial charge is 0.203 e. The van der Waals surface area contributed by atoms with Gasteiger partial charge in [-0.3, -0.25) is 0 Å². The van der Waals surface area contributed by atoms with Gasteiger partial charge in [0.2, 0.25) is 0 Å². The molecule has 0 saturated carbocycles. The maximum atomic E-state index is 12.2. The first-order valence-corrected chi connectivity index (χ1v) is 8.91. The maximum Gasteiger partial charge on any atom is 0.279 e. The SMILES string of the molecule is Cc1ccc(S(=O)(=O)N[S+](C)c2ccccc2)cc1. The second-order valence-corrected chi connectivity index (χ2v) is 7.86. The summed E-state index contributed by atoms with van der Waals surface area (Å²) < 4.78 is 27.2. The van der Waals surface area contributed by atoms with E-state index in [0.29, 0.717) is 4.90 Å². The Morgan fingerprint density at radius 3 is 2.11 bits per heavy atom. The van der Waals surface area contributed by atoms with Crippen LogP contribution in [0.5, 0.6) is 0 Å². The van der Waals surface area contributed by atoms with E-state index < -0.39 is 21.1 Å². The Labute approximate surface area is 117 Å². The Morgan fingerprint density at radius 1 is 0.947 bits per heavy atom. The molecule has 0 aromatic heterocycles. The average Bonchev–Trinajstić information content (AvgIpc) is 2.40. The molecule has 2 aromatic rings. The molecule has 1 atom stereocenters. The average molecular weight is 294 g/mol. The van der Waals surface area contributed by atoms with Gasteiger partial charge in [0.15, 0.2) is 4.90 Å². The van der Waals surface area contributed by atoms with Crippen LogP contribution >= 0.6 is 0 Å². The minimum absolute atomic E-state index is 0.299. The van der Waals surface area contributed by atoms with Crippen molar-refractivity contribution >= 4 is 21.1 Å². The van der Waals surface area contributed by atoms with Crippen LogP contribution in [0.1, 0.15) is 5.56 Å². The fourth-order valence-electron chi connectivity index (χ4n) is 1.60. The molecule has 3 nitrogen and oxygen atoms in total. The van der Waals surface area contributed by atoms with Crippen LogP contribution < -0.4 is 4.13 Å². The fraction of sp³-hybridized carbons (Fsp3) is 0.143. The molecule has 0 fully saturated rings. The minimum Gasteiger partial charge on any atom is -0.203 e. The Kier molecular flexibility index (Phi) is 4.29. The largest absolute Gasteiger partial charge is 0.279 e. The first-order chi connectivity index (χ1) is 8.99. The number of sulfonamides is 1. The fourth-order valence-corrected chi connectivity index (χ4v) is 4.75. The molecule has 5 heteroatoms. The van der Waals surface area contributed by atoms with Crippen molar-refractivity contribution in [3.05, 3.63) is 60.2 Å². The lowest BCUT2D eigenvalue weighted by molar-refractivity contribution is 0.594. The van der Waals surface area contributed by atoms with Gasteiger partial charge in [-0.15, -0.1) is 0 Å². The Morgan fingerprint density at radius 2 is 1.53 bits per heavy atom. The highest BCUT2D eigenvalue weighted by Crippen LogP contribution is 2.14. The Hall–Kier alpha value is -1.30. The number of rotatable bonds is 4. The third kappa shape index (κ3) is 3.59. The summed E-state index contributed by atoms with van der Waals surface area (Å²) in [6.45, 7) is 1.93. The van der Waals surface area contributed by atoms with Crippen molar-refractivity contribution in [1.29, 1.82) is 0 Å². The van der Waals surface area contributed by atoms with Crippen LogP contribution in [0.3, 0.4) is 0 Å². The highest BCUT2D eigenvalue weighted by Gasteiger charge is 2.25. The van der Waals surface area contributed by atoms with E-state index in [1.165, 1.54) is 0 Å². The summed E-state index contributed by atoms with van der Waals surface area (Å²) in [4.78, 5) is 1.27. The molecule has 0 amide bonds. The molecule has 1 N–H and O–H groups in total. The lowest BCUT2D eigenvalue weighted by Crippen LogP contribution is -2.30. The summed E-state index contributed by atoms with van der Waals surface area (Å²) in [7, 11) is -3.46. The molecular formula is C14H16NO2S2+. The second-order valence-electron chi connectivity index (χ2n) is 4.22. The number of hydrogen-bond acceptors (Lipinski definition) is 2. The summed E-state index contributed by atoms with van der Waals surface area (Å²) in [5.41, 5.74) is 1.04. The molecule has 100 valence electrons. The van der Waals surface area contributed by atoms with Gasteiger partial charge in [-0.25, -0.2) is 8.42 Å². The summed E-state index contributed by atoms with van der Waals surface area (Å²) in [5, 5.41) is 0. The quantitative estimate of drug-likeness (QED) is 0.881. The van der Waals surface area contributed by atoms with Crippen LogP contribution in [-0.2, 0) is 21.1 Å². The molecule has 2 rings (SSSR count). The van der Waals surface area contributed by atoms with Crippen molar-refractivity contribution in [2.45, 2.75) is 16.7 Å². The minimum atomic E-state index is -3.46. The van der Waals surface area contributed by atoms with E-state index in [-0.39, 0.29) is 0 Å². The zero-order valence-electron chi connectivity index (χ0n) is 10.8. The number of aryl methyl sites for hydroxylation is 1. The van der Waals surface area contributed by atoms with Gasteiger partial charge in [0.05, 0.1) is 4.90 Å². The molecule has 19 heavy (non-hydrogen) atoms. The van der Waals surface area contributed by atoms with Crippen LogP contribution in [0, 0.1) is 6.92 Å². The van der Waals surface area contributed by atoms with Gasteiger partial charge >= 0.3 is 0 Å². The Bertz CT molecular complexity index is 637. The number of benzene rings is 2. The van der Waals surface area contributed by atoms with E-state index in [9.17, 15) is 8.42 Å². The van der Waals surface area contributed by atoms with Crippen LogP contribution in [0.15, 0.2) is 64.4 Å². The molecule has 2 aromatic carbocycles. The molecule has 1 unspecified atom stereocenters. The molecule has 0 saturated heterocycles. The Balaban J connectivity index is 2.20. The van der Waals surface area contributed by atoms with Crippen molar-refractivity contribution in [3.8, 4) is 0 Å². The lowest BCUT2D eigenvalue weighted by Gasteiger charge is -2.06. The molecule has 0 aliphatic rings. The molecule has 0 heterocycles. The van der Waals surface area contributed by atoms with E-state index in [1.807, 2.05) is 43.5 Å². The first kappa shape index (κ1) is 14.1. The van der Waals surface area contributed by atoms with Gasteiger partial charge in [0.1, 0.15) is 17.3 Å². The van der Waals surface area contributed by atoms with Crippen LogP contribution in [0.25, 0.3) is 0 Å². The van der Waals surface area contributed by atoms with Crippen LogP contribution in [0.2, 0.25) is 0 Å². The molecule has 0 bridgehead atoms.